The van der Waals surface area contributed by atoms with Gasteiger partial charge in [-0.1, -0.05) is 54.1 Å². The second-order valence-corrected chi connectivity index (χ2v) is 8.39. The third-order valence-corrected chi connectivity index (χ3v) is 6.39. The van der Waals surface area contributed by atoms with E-state index in [1.165, 1.54) is 11.1 Å². The molecule has 0 spiro atoms. The second-order valence-electron chi connectivity index (χ2n) is 6.95. The average Bonchev–Trinajstić information content (AvgIpc) is 3.34. The molecule has 0 amide bonds. The molecule has 0 aliphatic carbocycles. The van der Waals surface area contributed by atoms with Gasteiger partial charge in [0.2, 0.25) is 5.90 Å². The van der Waals surface area contributed by atoms with Crippen molar-refractivity contribution in [2.24, 2.45) is 4.99 Å². The van der Waals surface area contributed by atoms with Crippen LogP contribution in [0.3, 0.4) is 0 Å². The fourth-order valence-corrected chi connectivity index (χ4v) is 4.57. The largest absolute Gasteiger partial charge is 0.474 e. The molecule has 0 saturated carbocycles. The topological polar surface area (TPSA) is 26.5 Å². The molecule has 1 aromatic heterocycles. The van der Waals surface area contributed by atoms with Crippen LogP contribution in [0.1, 0.15) is 22.4 Å². The minimum atomic E-state index is 0.202. The first kappa shape index (κ1) is 19.2. The monoisotopic (exact) mass is 410 g/mol. The minimum absolute atomic E-state index is 0.202. The highest BCUT2D eigenvalue weighted by molar-refractivity contribution is 7.98. The van der Waals surface area contributed by atoms with Crippen LogP contribution in [0.2, 0.25) is 5.02 Å². The summed E-state index contributed by atoms with van der Waals surface area (Å²) in [7, 11) is 0. The molecule has 1 aliphatic heterocycles. The lowest BCUT2D eigenvalue weighted by Gasteiger charge is -2.10. The van der Waals surface area contributed by atoms with Gasteiger partial charge in [0, 0.05) is 29.3 Å². The molecular formula is C23H23ClN2OS. The van der Waals surface area contributed by atoms with Crippen LogP contribution in [0.4, 0.5) is 0 Å². The first-order chi connectivity index (χ1) is 13.7. The van der Waals surface area contributed by atoms with Crippen molar-refractivity contribution < 1.29 is 4.74 Å². The normalized spacial score (nSPS) is 16.1. The maximum absolute atomic E-state index is 6.32. The molecule has 5 heteroatoms. The summed E-state index contributed by atoms with van der Waals surface area (Å²) in [6.07, 6.45) is 2.05. The highest BCUT2D eigenvalue weighted by Gasteiger charge is 2.22. The fourth-order valence-electron chi connectivity index (χ4n) is 3.27. The number of halogens is 1. The maximum atomic E-state index is 6.32. The molecule has 0 bridgehead atoms. The van der Waals surface area contributed by atoms with E-state index in [4.69, 9.17) is 21.3 Å². The molecule has 144 valence electrons. The Morgan fingerprint density at radius 1 is 1.07 bits per heavy atom. The van der Waals surface area contributed by atoms with Gasteiger partial charge in [0.25, 0.3) is 0 Å². The summed E-state index contributed by atoms with van der Waals surface area (Å²) in [5.41, 5.74) is 4.83. The van der Waals surface area contributed by atoms with Crippen LogP contribution in [0.25, 0.3) is 0 Å². The maximum Gasteiger partial charge on any atom is 0.233 e. The molecule has 2 heterocycles. The summed E-state index contributed by atoms with van der Waals surface area (Å²) < 4.78 is 8.07. The molecule has 3 aromatic rings. The van der Waals surface area contributed by atoms with Crippen molar-refractivity contribution in [2.45, 2.75) is 25.3 Å². The Kier molecular flexibility index (Phi) is 6.08. The van der Waals surface area contributed by atoms with Crippen LogP contribution >= 0.6 is 23.4 Å². The Labute approximate surface area is 175 Å². The molecule has 3 nitrogen and oxygen atoms in total. The third kappa shape index (κ3) is 4.45. The molecule has 28 heavy (non-hydrogen) atoms. The summed E-state index contributed by atoms with van der Waals surface area (Å²) in [6, 6.07) is 20.8. The number of hydrogen-bond acceptors (Lipinski definition) is 3. The number of benzene rings is 2. The van der Waals surface area contributed by atoms with E-state index < -0.39 is 0 Å². The van der Waals surface area contributed by atoms with Crippen molar-refractivity contribution >= 4 is 29.3 Å². The van der Waals surface area contributed by atoms with Gasteiger partial charge in [0.05, 0.1) is 6.04 Å². The van der Waals surface area contributed by atoms with Crippen LogP contribution in [-0.4, -0.2) is 28.9 Å². The Morgan fingerprint density at radius 3 is 2.68 bits per heavy atom. The van der Waals surface area contributed by atoms with E-state index in [-0.39, 0.29) is 6.04 Å². The molecular weight excluding hydrogens is 388 g/mol. The lowest BCUT2D eigenvalue weighted by Crippen LogP contribution is -2.11. The van der Waals surface area contributed by atoms with E-state index in [0.29, 0.717) is 13.2 Å². The standard InChI is InChI=1S/C23H23ClN2OS/c1-17-7-2-3-9-19(17)15-28-16-20-14-27-23(25-20)22-11-6-12-26(22)13-18-8-4-5-10-21(18)24/h2-12,20H,13-16H2,1H3/t20-/m1/s1. The van der Waals surface area contributed by atoms with Crippen molar-refractivity contribution in [3.05, 3.63) is 94.3 Å². The highest BCUT2D eigenvalue weighted by atomic mass is 35.5. The third-order valence-electron chi connectivity index (χ3n) is 4.89. The van der Waals surface area contributed by atoms with Crippen molar-refractivity contribution in [1.82, 2.24) is 4.57 Å². The highest BCUT2D eigenvalue weighted by Crippen LogP contribution is 2.22. The molecule has 2 aromatic carbocycles. The van der Waals surface area contributed by atoms with Gasteiger partial charge in [-0.25, -0.2) is 4.99 Å². The molecule has 1 atom stereocenters. The Bertz CT molecular complexity index is 982. The van der Waals surface area contributed by atoms with Gasteiger partial charge in [-0.2, -0.15) is 11.8 Å². The summed E-state index contributed by atoms with van der Waals surface area (Å²) in [5, 5.41) is 0.780. The summed E-state index contributed by atoms with van der Waals surface area (Å²) in [4.78, 5) is 4.83. The number of hydrogen-bond donors (Lipinski definition) is 0. The Hall–Kier alpha value is -2.17. The number of aryl methyl sites for hydroxylation is 1. The van der Waals surface area contributed by atoms with E-state index >= 15 is 0 Å². The molecule has 0 N–H and O–H groups in total. The smallest absolute Gasteiger partial charge is 0.233 e. The Morgan fingerprint density at radius 2 is 1.86 bits per heavy atom. The lowest BCUT2D eigenvalue weighted by atomic mass is 10.1. The quantitative estimate of drug-likeness (QED) is 0.508. The van der Waals surface area contributed by atoms with Gasteiger partial charge >= 0.3 is 0 Å². The predicted molar refractivity (Wildman–Crippen MR) is 119 cm³/mol. The zero-order valence-electron chi connectivity index (χ0n) is 15.8. The van der Waals surface area contributed by atoms with Gasteiger partial charge < -0.3 is 9.30 Å². The van der Waals surface area contributed by atoms with Crippen LogP contribution in [0, 0.1) is 6.92 Å². The van der Waals surface area contributed by atoms with Crippen molar-refractivity contribution in [1.29, 1.82) is 0 Å². The van der Waals surface area contributed by atoms with Crippen LogP contribution in [-0.2, 0) is 17.0 Å². The summed E-state index contributed by atoms with van der Waals surface area (Å²) >= 11 is 8.23. The predicted octanol–water partition coefficient (Wildman–Crippen LogP) is 5.58. The zero-order chi connectivity index (χ0) is 19.3. The number of nitrogens with zero attached hydrogens (tertiary/aromatic N) is 2. The lowest BCUT2D eigenvalue weighted by molar-refractivity contribution is 0.323. The number of aromatic nitrogens is 1. The second kappa shape index (κ2) is 8.89. The molecule has 1 aliphatic rings. The number of thioether (sulfide) groups is 1. The van der Waals surface area contributed by atoms with Gasteiger partial charge in [-0.15, -0.1) is 0 Å². The molecule has 4 rings (SSSR count). The van der Waals surface area contributed by atoms with Crippen molar-refractivity contribution in [3.8, 4) is 0 Å². The van der Waals surface area contributed by atoms with E-state index in [0.717, 1.165) is 33.7 Å². The summed E-state index contributed by atoms with van der Waals surface area (Å²) in [5.74, 6) is 2.71. The van der Waals surface area contributed by atoms with E-state index in [1.54, 1.807) is 0 Å². The van der Waals surface area contributed by atoms with Crippen LogP contribution < -0.4 is 0 Å². The van der Waals surface area contributed by atoms with Gasteiger partial charge in [0.15, 0.2) is 0 Å². The molecule has 0 saturated heterocycles. The SMILES string of the molecule is Cc1ccccc1CSC[C@H]1COC(c2cccn2Cc2ccccc2Cl)=N1. The average molecular weight is 411 g/mol. The van der Waals surface area contributed by atoms with Crippen LogP contribution in [0.5, 0.6) is 0 Å². The minimum Gasteiger partial charge on any atom is -0.474 e. The first-order valence-corrected chi connectivity index (χ1v) is 11.0. The molecule has 0 unspecified atom stereocenters. The van der Waals surface area contributed by atoms with Gasteiger partial charge in [0.1, 0.15) is 12.3 Å². The van der Waals surface area contributed by atoms with E-state index in [1.807, 2.05) is 42.2 Å². The van der Waals surface area contributed by atoms with Gasteiger partial charge in [-0.3, -0.25) is 0 Å². The van der Waals surface area contributed by atoms with E-state index in [9.17, 15) is 0 Å². The number of aliphatic imine (C=N–C) groups is 1. The van der Waals surface area contributed by atoms with E-state index in [2.05, 4.69) is 47.9 Å². The number of rotatable bonds is 7. The van der Waals surface area contributed by atoms with Crippen molar-refractivity contribution in [2.75, 3.05) is 12.4 Å². The summed E-state index contributed by atoms with van der Waals surface area (Å²) in [6.45, 7) is 3.52. The first-order valence-electron chi connectivity index (χ1n) is 9.42. The zero-order valence-corrected chi connectivity index (χ0v) is 17.4. The number of ether oxygens (including phenoxy) is 1. The fraction of sp³-hybridized carbons (Fsp3) is 0.261. The molecule has 0 fully saturated rings. The molecule has 0 radical (unpaired) electrons. The van der Waals surface area contributed by atoms with Crippen LogP contribution in [0.15, 0.2) is 71.9 Å². The van der Waals surface area contributed by atoms with Gasteiger partial charge in [-0.05, 0) is 41.8 Å². The van der Waals surface area contributed by atoms with Crippen molar-refractivity contribution in [3.63, 3.8) is 0 Å². The Balaban J connectivity index is 1.39.